The van der Waals surface area contributed by atoms with Gasteiger partial charge in [-0.25, -0.2) is 4.68 Å². The molecule has 9 nitrogen and oxygen atoms in total. The van der Waals surface area contributed by atoms with Gasteiger partial charge in [0, 0.05) is 51.9 Å². The number of piperidine rings is 2. The van der Waals surface area contributed by atoms with E-state index in [0.29, 0.717) is 29.7 Å². The Hall–Kier alpha value is -2.23. The number of nitrogens with one attached hydrogen (secondary N) is 1. The Bertz CT molecular complexity index is 959. The summed E-state index contributed by atoms with van der Waals surface area (Å²) in [5.74, 6) is 0.935. The molecule has 0 aromatic carbocycles. The number of amides is 1. The summed E-state index contributed by atoms with van der Waals surface area (Å²) in [6.07, 6.45) is 6.11. The number of likely N-dealkylation sites (tertiary alicyclic amines) is 2. The summed E-state index contributed by atoms with van der Waals surface area (Å²) in [6, 6.07) is 3.90. The molecule has 2 saturated heterocycles. The number of nitrogens with zero attached hydrogens (tertiary/aromatic N) is 5. The molecule has 2 aliphatic heterocycles. The van der Waals surface area contributed by atoms with Crippen molar-refractivity contribution in [2.45, 2.75) is 64.5 Å². The smallest absolute Gasteiger partial charge is 0.272 e. The summed E-state index contributed by atoms with van der Waals surface area (Å²) >= 11 is 0. The van der Waals surface area contributed by atoms with Gasteiger partial charge < -0.3 is 25.0 Å². The van der Waals surface area contributed by atoms with E-state index in [0.717, 1.165) is 83.2 Å². The Morgan fingerprint density at radius 2 is 1.71 bits per heavy atom. The van der Waals surface area contributed by atoms with Gasteiger partial charge in [0.1, 0.15) is 0 Å². The summed E-state index contributed by atoms with van der Waals surface area (Å²) in [7, 11) is 1.82. The second-order valence-corrected chi connectivity index (χ2v) is 10.1. The Morgan fingerprint density at radius 1 is 1.09 bits per heavy atom. The van der Waals surface area contributed by atoms with Crippen molar-refractivity contribution in [2.75, 3.05) is 45.9 Å². The lowest BCUT2D eigenvalue weighted by Crippen LogP contribution is -2.47. The van der Waals surface area contributed by atoms with Gasteiger partial charge >= 0.3 is 0 Å². The molecule has 1 amide bonds. The number of hydrogen-bond donors (Lipinski definition) is 2. The number of aliphatic hydroxyl groups is 1. The largest absolute Gasteiger partial charge is 0.474 e. The van der Waals surface area contributed by atoms with Gasteiger partial charge in [0.2, 0.25) is 5.88 Å². The van der Waals surface area contributed by atoms with Gasteiger partial charge in [-0.2, -0.15) is 10.1 Å². The van der Waals surface area contributed by atoms with E-state index >= 15 is 0 Å². The number of hydrogen-bond acceptors (Lipinski definition) is 7. The van der Waals surface area contributed by atoms with Crippen LogP contribution in [0.15, 0.2) is 12.1 Å². The summed E-state index contributed by atoms with van der Waals surface area (Å²) < 4.78 is 7.64. The maximum absolute atomic E-state index is 13.1. The highest BCUT2D eigenvalue weighted by Gasteiger charge is 2.25. The third-order valence-corrected chi connectivity index (χ3v) is 7.69. The highest BCUT2D eigenvalue weighted by Crippen LogP contribution is 2.22. The lowest BCUT2D eigenvalue weighted by molar-refractivity contribution is 0.0892. The number of carbonyl (C=O) groups excluding carboxylic acids is 1. The summed E-state index contributed by atoms with van der Waals surface area (Å²) in [5, 5.41) is 17.8. The zero-order chi connectivity index (χ0) is 24.8. The van der Waals surface area contributed by atoms with E-state index in [9.17, 15) is 9.90 Å². The zero-order valence-corrected chi connectivity index (χ0v) is 21.6. The predicted octanol–water partition coefficient (Wildman–Crippen LogP) is 2.43. The number of carbonyl (C=O) groups is 1. The quantitative estimate of drug-likeness (QED) is 0.533. The molecule has 4 rings (SSSR count). The van der Waals surface area contributed by atoms with Crippen LogP contribution in [-0.2, 0) is 7.05 Å². The van der Waals surface area contributed by atoms with Crippen LogP contribution in [-0.4, -0.2) is 93.6 Å². The Kier molecular flexibility index (Phi) is 8.97. The molecule has 0 spiro atoms. The maximum atomic E-state index is 13.1. The molecule has 0 saturated carbocycles. The van der Waals surface area contributed by atoms with Crippen LogP contribution in [0.1, 0.15) is 62.9 Å². The van der Waals surface area contributed by atoms with E-state index in [4.69, 9.17) is 4.74 Å². The van der Waals surface area contributed by atoms with Crippen molar-refractivity contribution in [3.8, 4) is 5.88 Å². The zero-order valence-electron chi connectivity index (χ0n) is 21.6. The molecule has 2 aromatic rings. The Morgan fingerprint density at radius 3 is 2.31 bits per heavy atom. The first-order chi connectivity index (χ1) is 17.0. The summed E-state index contributed by atoms with van der Waals surface area (Å²) in [6.45, 7) is 10.9. The minimum absolute atomic E-state index is 0.128. The molecule has 0 unspecified atom stereocenters. The molecule has 9 heteroatoms. The maximum Gasteiger partial charge on any atom is 0.272 e. The third-order valence-electron chi connectivity index (χ3n) is 7.69. The topological polar surface area (TPSA) is 95.8 Å². The molecule has 35 heavy (non-hydrogen) atoms. The molecule has 0 radical (unpaired) electrons. The number of pyridine rings is 1. The SMILES string of the molecule is CCC(CC)Oc1ccc2c(C(=O)NC3CCN(CCN4CCC(CO)CC4)CC3)nn(C)c2n1. The van der Waals surface area contributed by atoms with Gasteiger partial charge in [0.05, 0.1) is 11.5 Å². The molecule has 2 N–H and O–H groups in total. The molecule has 194 valence electrons. The predicted molar refractivity (Wildman–Crippen MR) is 137 cm³/mol. The number of aryl methyl sites for hydroxylation is 1. The fourth-order valence-corrected chi connectivity index (χ4v) is 5.20. The highest BCUT2D eigenvalue weighted by atomic mass is 16.5. The van der Waals surface area contributed by atoms with Crippen molar-refractivity contribution in [2.24, 2.45) is 13.0 Å². The van der Waals surface area contributed by atoms with Crippen LogP contribution in [0, 0.1) is 5.92 Å². The van der Waals surface area contributed by atoms with E-state index in [2.05, 4.69) is 39.0 Å². The third kappa shape index (κ3) is 6.51. The lowest BCUT2D eigenvalue weighted by Gasteiger charge is -2.35. The van der Waals surface area contributed by atoms with E-state index in [1.165, 1.54) is 0 Å². The molecule has 0 atom stereocenters. The minimum atomic E-state index is -0.128. The van der Waals surface area contributed by atoms with Crippen molar-refractivity contribution in [1.29, 1.82) is 0 Å². The number of fused-ring (bicyclic) bond motifs is 1. The monoisotopic (exact) mass is 486 g/mol. The van der Waals surface area contributed by atoms with Crippen LogP contribution in [0.4, 0.5) is 0 Å². The second kappa shape index (κ2) is 12.1. The fraction of sp³-hybridized carbons (Fsp3) is 0.731. The van der Waals surface area contributed by atoms with Gasteiger partial charge in [0.15, 0.2) is 11.3 Å². The van der Waals surface area contributed by atoms with Crippen molar-refractivity contribution >= 4 is 16.9 Å². The number of ether oxygens (including phenoxy) is 1. The summed E-state index contributed by atoms with van der Waals surface area (Å²) in [4.78, 5) is 22.7. The Labute approximate surface area is 208 Å². The molecule has 2 aliphatic rings. The van der Waals surface area contributed by atoms with E-state index in [1.54, 1.807) is 4.68 Å². The molecular weight excluding hydrogens is 444 g/mol. The lowest BCUT2D eigenvalue weighted by atomic mass is 9.98. The second-order valence-electron chi connectivity index (χ2n) is 10.1. The van der Waals surface area contributed by atoms with Gasteiger partial charge in [-0.1, -0.05) is 13.8 Å². The van der Waals surface area contributed by atoms with Crippen LogP contribution in [0.3, 0.4) is 0 Å². The molecule has 2 aromatic heterocycles. The van der Waals surface area contributed by atoms with Crippen molar-refractivity contribution in [3.05, 3.63) is 17.8 Å². The molecule has 2 fully saturated rings. The standard InChI is InChI=1S/C26H42N6O3/c1-4-21(5-2)35-23-7-6-22-24(29-30(3)25(22)28-23)26(34)27-20-10-14-32(15-11-20)17-16-31-12-8-19(18-33)9-13-31/h6-7,19-21,33H,4-5,8-18H2,1-3H3,(H,27,34). The molecular formula is C26H42N6O3. The molecule has 0 aliphatic carbocycles. The first-order valence-corrected chi connectivity index (χ1v) is 13.4. The molecule has 4 heterocycles. The minimum Gasteiger partial charge on any atom is -0.474 e. The Balaban J connectivity index is 1.26. The van der Waals surface area contributed by atoms with E-state index < -0.39 is 0 Å². The highest BCUT2D eigenvalue weighted by molar-refractivity contribution is 6.04. The molecule has 0 bridgehead atoms. The van der Waals surface area contributed by atoms with Crippen LogP contribution in [0.2, 0.25) is 0 Å². The number of aliphatic hydroxyl groups excluding tert-OH is 1. The summed E-state index contributed by atoms with van der Waals surface area (Å²) in [5.41, 5.74) is 1.09. The van der Waals surface area contributed by atoms with Gasteiger partial charge in [0.25, 0.3) is 5.91 Å². The van der Waals surface area contributed by atoms with Gasteiger partial charge in [-0.15, -0.1) is 0 Å². The van der Waals surface area contributed by atoms with E-state index in [1.807, 2.05) is 19.2 Å². The average Bonchev–Trinajstić information content (AvgIpc) is 3.23. The number of aromatic nitrogens is 3. The van der Waals surface area contributed by atoms with Gasteiger partial charge in [-0.05, 0) is 63.6 Å². The van der Waals surface area contributed by atoms with Crippen LogP contribution >= 0.6 is 0 Å². The number of rotatable bonds is 10. The van der Waals surface area contributed by atoms with Crippen LogP contribution in [0.25, 0.3) is 11.0 Å². The van der Waals surface area contributed by atoms with Gasteiger partial charge in [-0.3, -0.25) is 4.79 Å². The van der Waals surface area contributed by atoms with Crippen LogP contribution in [0.5, 0.6) is 5.88 Å². The van der Waals surface area contributed by atoms with Crippen molar-refractivity contribution < 1.29 is 14.6 Å². The van der Waals surface area contributed by atoms with E-state index in [-0.39, 0.29) is 18.1 Å². The fourth-order valence-electron chi connectivity index (χ4n) is 5.20. The van der Waals surface area contributed by atoms with Crippen molar-refractivity contribution in [1.82, 2.24) is 29.9 Å². The van der Waals surface area contributed by atoms with Crippen LogP contribution < -0.4 is 10.1 Å². The first kappa shape index (κ1) is 25.9. The first-order valence-electron chi connectivity index (χ1n) is 13.4. The average molecular weight is 487 g/mol. The van der Waals surface area contributed by atoms with Crippen molar-refractivity contribution in [3.63, 3.8) is 0 Å². The normalized spacial score (nSPS) is 19.0.